The molecule has 2 amide bonds. The third kappa shape index (κ3) is 4.53. The SMILES string of the molecule is CN(Cc1c(F)cccc1Cl)C(=O)c1cccc(NC(=O)c2cccnc2)c1. The van der Waals surface area contributed by atoms with Gasteiger partial charge in [-0.1, -0.05) is 23.7 Å². The Morgan fingerprint density at radius 3 is 2.57 bits per heavy atom. The van der Waals surface area contributed by atoms with E-state index in [1.165, 1.54) is 23.2 Å². The van der Waals surface area contributed by atoms with E-state index in [0.29, 0.717) is 16.8 Å². The summed E-state index contributed by atoms with van der Waals surface area (Å²) in [7, 11) is 1.56. The summed E-state index contributed by atoms with van der Waals surface area (Å²) in [6, 6.07) is 14.2. The average molecular weight is 398 g/mol. The van der Waals surface area contributed by atoms with E-state index in [2.05, 4.69) is 10.3 Å². The van der Waals surface area contributed by atoms with Gasteiger partial charge < -0.3 is 10.2 Å². The number of benzene rings is 2. The highest BCUT2D eigenvalue weighted by Crippen LogP contribution is 2.21. The van der Waals surface area contributed by atoms with Crippen LogP contribution in [0.4, 0.5) is 10.1 Å². The lowest BCUT2D eigenvalue weighted by atomic mass is 10.1. The van der Waals surface area contributed by atoms with Crippen LogP contribution in [0, 0.1) is 5.82 Å². The molecule has 5 nitrogen and oxygen atoms in total. The van der Waals surface area contributed by atoms with E-state index in [4.69, 9.17) is 11.6 Å². The molecule has 28 heavy (non-hydrogen) atoms. The summed E-state index contributed by atoms with van der Waals surface area (Å²) >= 11 is 6.03. The third-order valence-electron chi connectivity index (χ3n) is 4.09. The van der Waals surface area contributed by atoms with Crippen LogP contribution >= 0.6 is 11.6 Å². The molecule has 0 bridgehead atoms. The summed E-state index contributed by atoms with van der Waals surface area (Å²) in [5.74, 6) is -1.12. The van der Waals surface area contributed by atoms with E-state index in [0.717, 1.165) is 0 Å². The van der Waals surface area contributed by atoms with E-state index >= 15 is 0 Å². The Bertz CT molecular complexity index is 991. The second-order valence-corrected chi connectivity index (χ2v) is 6.55. The molecule has 0 aliphatic carbocycles. The molecule has 3 rings (SSSR count). The van der Waals surface area contributed by atoms with Crippen LogP contribution in [0.15, 0.2) is 67.0 Å². The van der Waals surface area contributed by atoms with Gasteiger partial charge in [-0.05, 0) is 42.5 Å². The van der Waals surface area contributed by atoms with Crippen molar-refractivity contribution < 1.29 is 14.0 Å². The van der Waals surface area contributed by atoms with Crippen LogP contribution in [0.25, 0.3) is 0 Å². The van der Waals surface area contributed by atoms with Gasteiger partial charge in [-0.3, -0.25) is 14.6 Å². The number of rotatable bonds is 5. The maximum atomic E-state index is 14.0. The molecule has 0 radical (unpaired) electrons. The zero-order valence-electron chi connectivity index (χ0n) is 15.0. The van der Waals surface area contributed by atoms with E-state index < -0.39 is 5.82 Å². The lowest BCUT2D eigenvalue weighted by Gasteiger charge is -2.19. The van der Waals surface area contributed by atoms with Gasteiger partial charge in [0.1, 0.15) is 5.82 Å². The number of aromatic nitrogens is 1. The fourth-order valence-electron chi connectivity index (χ4n) is 2.64. The van der Waals surface area contributed by atoms with Crippen molar-refractivity contribution in [1.29, 1.82) is 0 Å². The van der Waals surface area contributed by atoms with Crippen molar-refractivity contribution in [3.8, 4) is 0 Å². The summed E-state index contributed by atoms with van der Waals surface area (Å²) in [5.41, 5.74) is 1.49. The molecule has 0 saturated heterocycles. The second kappa shape index (κ2) is 8.63. The Balaban J connectivity index is 1.74. The number of amides is 2. The van der Waals surface area contributed by atoms with Gasteiger partial charge in [-0.2, -0.15) is 0 Å². The Hall–Kier alpha value is -3.25. The standard InChI is InChI=1S/C21H17ClFN3O2/c1-26(13-17-18(22)8-3-9-19(17)23)21(28)14-5-2-7-16(11-14)25-20(27)15-6-4-10-24-12-15/h2-12H,13H2,1H3,(H,25,27). The predicted molar refractivity (Wildman–Crippen MR) is 106 cm³/mol. The van der Waals surface area contributed by atoms with Crippen LogP contribution in [0.1, 0.15) is 26.3 Å². The molecule has 0 aliphatic rings. The smallest absolute Gasteiger partial charge is 0.257 e. The van der Waals surface area contributed by atoms with Gasteiger partial charge in [-0.25, -0.2) is 4.39 Å². The van der Waals surface area contributed by atoms with Crippen LogP contribution in [0.3, 0.4) is 0 Å². The van der Waals surface area contributed by atoms with Gasteiger partial charge in [0, 0.05) is 47.8 Å². The zero-order valence-corrected chi connectivity index (χ0v) is 15.8. The summed E-state index contributed by atoms with van der Waals surface area (Å²) in [6.45, 7) is 0.0244. The highest BCUT2D eigenvalue weighted by Gasteiger charge is 2.16. The first-order valence-electron chi connectivity index (χ1n) is 8.45. The molecule has 1 N–H and O–H groups in total. The first-order chi connectivity index (χ1) is 13.5. The lowest BCUT2D eigenvalue weighted by Crippen LogP contribution is -2.27. The molecule has 0 spiro atoms. The van der Waals surface area contributed by atoms with Gasteiger partial charge in [0.15, 0.2) is 0 Å². The van der Waals surface area contributed by atoms with Gasteiger partial charge in [-0.15, -0.1) is 0 Å². The van der Waals surface area contributed by atoms with Crippen molar-refractivity contribution in [2.45, 2.75) is 6.54 Å². The molecule has 0 unspecified atom stereocenters. The first kappa shape index (κ1) is 19.5. The number of hydrogen-bond donors (Lipinski definition) is 1. The number of nitrogens with zero attached hydrogens (tertiary/aromatic N) is 2. The van der Waals surface area contributed by atoms with E-state index in [-0.39, 0.29) is 28.9 Å². The maximum absolute atomic E-state index is 14.0. The molecular formula is C21H17ClFN3O2. The van der Waals surface area contributed by atoms with Crippen molar-refractivity contribution in [2.75, 3.05) is 12.4 Å². The highest BCUT2D eigenvalue weighted by molar-refractivity contribution is 6.31. The van der Waals surface area contributed by atoms with Gasteiger partial charge in [0.2, 0.25) is 0 Å². The largest absolute Gasteiger partial charge is 0.337 e. The molecule has 2 aromatic carbocycles. The third-order valence-corrected chi connectivity index (χ3v) is 4.45. The topological polar surface area (TPSA) is 62.3 Å². The minimum absolute atomic E-state index is 0.0244. The molecule has 0 fully saturated rings. The molecule has 142 valence electrons. The minimum Gasteiger partial charge on any atom is -0.337 e. The van der Waals surface area contributed by atoms with Crippen molar-refractivity contribution in [1.82, 2.24) is 9.88 Å². The van der Waals surface area contributed by atoms with Crippen molar-refractivity contribution in [3.05, 3.63) is 94.5 Å². The second-order valence-electron chi connectivity index (χ2n) is 6.14. The zero-order chi connectivity index (χ0) is 20.1. The Morgan fingerprint density at radius 1 is 1.11 bits per heavy atom. The summed E-state index contributed by atoms with van der Waals surface area (Å²) < 4.78 is 14.0. The van der Waals surface area contributed by atoms with Crippen molar-refractivity contribution >= 4 is 29.1 Å². The Morgan fingerprint density at radius 2 is 1.86 bits per heavy atom. The monoisotopic (exact) mass is 397 g/mol. The van der Waals surface area contributed by atoms with Gasteiger partial charge >= 0.3 is 0 Å². The van der Waals surface area contributed by atoms with Gasteiger partial charge in [0.05, 0.1) is 5.56 Å². The van der Waals surface area contributed by atoms with E-state index in [9.17, 15) is 14.0 Å². The fraction of sp³-hybridized carbons (Fsp3) is 0.0952. The number of carbonyl (C=O) groups is 2. The molecular weight excluding hydrogens is 381 g/mol. The number of halogens is 2. The van der Waals surface area contributed by atoms with Crippen LogP contribution in [-0.4, -0.2) is 28.7 Å². The minimum atomic E-state index is -0.468. The molecule has 1 aromatic heterocycles. The van der Waals surface area contributed by atoms with Crippen LogP contribution in [0.2, 0.25) is 5.02 Å². The Kier molecular flexibility index (Phi) is 6.01. The number of nitrogens with one attached hydrogen (secondary N) is 1. The summed E-state index contributed by atoms with van der Waals surface area (Å²) in [6.07, 6.45) is 3.03. The number of hydrogen-bond acceptors (Lipinski definition) is 3. The normalized spacial score (nSPS) is 10.4. The number of anilines is 1. The fourth-order valence-corrected chi connectivity index (χ4v) is 2.87. The van der Waals surface area contributed by atoms with Crippen LogP contribution in [0.5, 0.6) is 0 Å². The van der Waals surface area contributed by atoms with E-state index in [1.807, 2.05) is 0 Å². The Labute approximate surface area is 166 Å². The molecule has 0 saturated carbocycles. The first-order valence-corrected chi connectivity index (χ1v) is 8.83. The van der Waals surface area contributed by atoms with Crippen LogP contribution in [-0.2, 0) is 6.54 Å². The number of carbonyl (C=O) groups excluding carboxylic acids is 2. The number of pyridine rings is 1. The lowest BCUT2D eigenvalue weighted by molar-refractivity contribution is 0.0783. The average Bonchev–Trinajstić information content (AvgIpc) is 2.71. The molecule has 3 aromatic rings. The molecule has 0 atom stereocenters. The molecule has 0 aliphatic heterocycles. The molecule has 1 heterocycles. The highest BCUT2D eigenvalue weighted by atomic mass is 35.5. The van der Waals surface area contributed by atoms with E-state index in [1.54, 1.807) is 55.7 Å². The quantitative estimate of drug-likeness (QED) is 0.694. The predicted octanol–water partition coefficient (Wildman–Crippen LogP) is 4.40. The van der Waals surface area contributed by atoms with Crippen molar-refractivity contribution in [2.24, 2.45) is 0 Å². The maximum Gasteiger partial charge on any atom is 0.257 e. The summed E-state index contributed by atoms with van der Waals surface area (Å²) in [4.78, 5) is 30.2. The summed E-state index contributed by atoms with van der Waals surface area (Å²) in [5, 5.41) is 2.99. The molecule has 7 heteroatoms. The van der Waals surface area contributed by atoms with Crippen LogP contribution < -0.4 is 5.32 Å². The van der Waals surface area contributed by atoms with Crippen molar-refractivity contribution in [3.63, 3.8) is 0 Å². The van der Waals surface area contributed by atoms with Gasteiger partial charge in [0.25, 0.3) is 11.8 Å².